The third-order valence-electron chi connectivity index (χ3n) is 3.04. The van der Waals surface area contributed by atoms with Gasteiger partial charge in [0.2, 0.25) is 0 Å². The topological polar surface area (TPSA) is 70.6 Å². The minimum absolute atomic E-state index is 0.0587. The van der Waals surface area contributed by atoms with E-state index in [1.165, 1.54) is 6.92 Å². The molecule has 1 amide bonds. The van der Waals surface area contributed by atoms with Crippen LogP contribution in [0.1, 0.15) is 36.5 Å². The van der Waals surface area contributed by atoms with Crippen LogP contribution in [-0.4, -0.2) is 30.6 Å². The molecule has 0 unspecified atom stereocenters. The number of aliphatic imine (C=N–C) groups is 1. The first-order valence-electron chi connectivity index (χ1n) is 6.83. The molecule has 106 valence electrons. The fourth-order valence-corrected chi connectivity index (χ4v) is 2.01. The zero-order valence-electron chi connectivity index (χ0n) is 11.6. The highest BCUT2D eigenvalue weighted by Crippen LogP contribution is 2.14. The lowest BCUT2D eigenvalue weighted by molar-refractivity contribution is -0.116. The van der Waals surface area contributed by atoms with Crippen LogP contribution in [-0.2, 0) is 4.79 Å². The molecular weight excluding hydrogens is 254 g/mol. The summed E-state index contributed by atoms with van der Waals surface area (Å²) in [5, 5.41) is 5.83. The van der Waals surface area contributed by atoms with Gasteiger partial charge < -0.3 is 10.6 Å². The molecule has 0 fully saturated rings. The third-order valence-corrected chi connectivity index (χ3v) is 3.04. The molecule has 0 saturated carbocycles. The maximum Gasteiger partial charge on any atom is 0.251 e. The number of carbonyl (C=O) groups is 2. The minimum atomic E-state index is -0.241. The molecule has 0 aliphatic carbocycles. The number of Topliss-reactive ketones (excluding diaryl/α,β-unsaturated/α-hetero) is 1. The van der Waals surface area contributed by atoms with Gasteiger partial charge in [0.05, 0.1) is 6.54 Å². The van der Waals surface area contributed by atoms with Crippen LogP contribution >= 0.6 is 0 Å². The van der Waals surface area contributed by atoms with E-state index < -0.39 is 0 Å². The van der Waals surface area contributed by atoms with Crippen molar-refractivity contribution in [3.05, 3.63) is 29.8 Å². The summed E-state index contributed by atoms with van der Waals surface area (Å²) in [6.07, 6.45) is 3.23. The molecule has 2 rings (SSSR count). The van der Waals surface area contributed by atoms with Crippen LogP contribution in [0.2, 0.25) is 0 Å². The van der Waals surface area contributed by atoms with Gasteiger partial charge in [-0.25, -0.2) is 0 Å². The van der Waals surface area contributed by atoms with Gasteiger partial charge in [0.25, 0.3) is 5.91 Å². The Balaban J connectivity index is 2.01. The predicted molar refractivity (Wildman–Crippen MR) is 79.2 cm³/mol. The first-order valence-corrected chi connectivity index (χ1v) is 6.83. The Morgan fingerprint density at radius 2 is 2.15 bits per heavy atom. The van der Waals surface area contributed by atoms with Crippen molar-refractivity contribution in [3.63, 3.8) is 0 Å². The van der Waals surface area contributed by atoms with Gasteiger partial charge in [-0.3, -0.25) is 14.6 Å². The van der Waals surface area contributed by atoms with E-state index in [9.17, 15) is 9.59 Å². The van der Waals surface area contributed by atoms with Gasteiger partial charge in [0.1, 0.15) is 11.6 Å². The number of carbonyl (C=O) groups excluding carboxylic acids is 2. The van der Waals surface area contributed by atoms with E-state index in [2.05, 4.69) is 15.6 Å². The van der Waals surface area contributed by atoms with Gasteiger partial charge in [-0.15, -0.1) is 0 Å². The van der Waals surface area contributed by atoms with E-state index in [-0.39, 0.29) is 18.2 Å². The molecule has 5 heteroatoms. The lowest BCUT2D eigenvalue weighted by Crippen LogP contribution is -2.28. The summed E-state index contributed by atoms with van der Waals surface area (Å²) in [6, 6.07) is 7.21. The molecule has 1 heterocycles. The van der Waals surface area contributed by atoms with Gasteiger partial charge in [-0.1, -0.05) is 6.07 Å². The van der Waals surface area contributed by atoms with Gasteiger partial charge in [0, 0.05) is 24.2 Å². The predicted octanol–water partition coefficient (Wildman–Crippen LogP) is 2.00. The van der Waals surface area contributed by atoms with E-state index in [4.69, 9.17) is 0 Å². The third kappa shape index (κ3) is 4.19. The number of anilines is 1. The van der Waals surface area contributed by atoms with Crippen LogP contribution in [0.4, 0.5) is 5.69 Å². The molecule has 0 saturated heterocycles. The Morgan fingerprint density at radius 3 is 2.85 bits per heavy atom. The van der Waals surface area contributed by atoms with Crippen molar-refractivity contribution in [2.24, 2.45) is 4.99 Å². The van der Waals surface area contributed by atoms with Gasteiger partial charge in [-0.05, 0) is 38.0 Å². The van der Waals surface area contributed by atoms with Crippen molar-refractivity contribution in [2.45, 2.75) is 26.2 Å². The summed E-state index contributed by atoms with van der Waals surface area (Å²) < 4.78 is 0. The molecule has 1 aliphatic heterocycles. The summed E-state index contributed by atoms with van der Waals surface area (Å²) >= 11 is 0. The zero-order valence-corrected chi connectivity index (χ0v) is 11.6. The molecule has 0 bridgehead atoms. The molecule has 0 radical (unpaired) electrons. The van der Waals surface area contributed by atoms with Crippen molar-refractivity contribution < 1.29 is 9.59 Å². The lowest BCUT2D eigenvalue weighted by atomic mass is 10.1. The normalized spacial score (nSPS) is 14.3. The molecular formula is C15H19N3O2. The Kier molecular flexibility index (Phi) is 4.87. The molecule has 5 nitrogen and oxygen atoms in total. The maximum absolute atomic E-state index is 11.9. The number of amides is 1. The number of nitrogens with one attached hydrogen (secondary N) is 2. The highest BCUT2D eigenvalue weighted by molar-refractivity contribution is 5.99. The molecule has 1 aromatic carbocycles. The average molecular weight is 273 g/mol. The largest absolute Gasteiger partial charge is 0.345 e. The fraction of sp³-hybridized carbons (Fsp3) is 0.400. The van der Waals surface area contributed by atoms with Crippen LogP contribution in [0.25, 0.3) is 0 Å². The standard InChI is InChI=1S/C15H19N3O2/c1-11(19)10-17-15(20)12-5-4-6-13(9-12)18-14-7-2-3-8-16-14/h4-6,9H,2-3,7-8,10H2,1H3,(H,16,18)(H,17,20). The Hall–Kier alpha value is -2.17. The smallest absolute Gasteiger partial charge is 0.251 e. The molecule has 20 heavy (non-hydrogen) atoms. The van der Waals surface area contributed by atoms with E-state index in [0.29, 0.717) is 5.56 Å². The number of hydrogen-bond acceptors (Lipinski definition) is 4. The monoisotopic (exact) mass is 273 g/mol. The number of hydrogen-bond donors (Lipinski definition) is 2. The molecule has 2 N–H and O–H groups in total. The first-order chi connectivity index (χ1) is 9.65. The number of nitrogens with zero attached hydrogens (tertiary/aromatic N) is 1. The zero-order chi connectivity index (χ0) is 14.4. The van der Waals surface area contributed by atoms with Gasteiger partial charge >= 0.3 is 0 Å². The molecule has 1 aromatic rings. The van der Waals surface area contributed by atoms with E-state index in [1.807, 2.05) is 12.1 Å². The molecule has 0 atom stereocenters. The number of ketones is 1. The summed E-state index contributed by atoms with van der Waals surface area (Å²) in [4.78, 5) is 27.2. The Morgan fingerprint density at radius 1 is 1.30 bits per heavy atom. The van der Waals surface area contributed by atoms with Crippen LogP contribution in [0, 0.1) is 0 Å². The molecule has 0 aromatic heterocycles. The lowest BCUT2D eigenvalue weighted by Gasteiger charge is -2.14. The minimum Gasteiger partial charge on any atom is -0.345 e. The summed E-state index contributed by atoms with van der Waals surface area (Å²) in [5.74, 6) is 0.663. The molecule has 1 aliphatic rings. The average Bonchev–Trinajstić information content (AvgIpc) is 2.46. The fourth-order valence-electron chi connectivity index (χ4n) is 2.01. The van der Waals surface area contributed by atoms with Crippen LogP contribution < -0.4 is 10.6 Å². The Labute approximate surface area is 118 Å². The SMILES string of the molecule is CC(=O)CNC(=O)c1cccc(NC2=NCCCC2)c1. The quantitative estimate of drug-likeness (QED) is 0.881. The molecule has 0 spiro atoms. The Bertz CT molecular complexity index is 538. The second kappa shape index (κ2) is 6.84. The van der Waals surface area contributed by atoms with Crippen molar-refractivity contribution in [1.29, 1.82) is 0 Å². The summed E-state index contributed by atoms with van der Waals surface area (Å²) in [7, 11) is 0. The van der Waals surface area contributed by atoms with Crippen molar-refractivity contribution in [2.75, 3.05) is 18.4 Å². The second-order valence-electron chi connectivity index (χ2n) is 4.88. The number of rotatable bonds is 4. The van der Waals surface area contributed by atoms with Crippen LogP contribution in [0.15, 0.2) is 29.3 Å². The maximum atomic E-state index is 11.9. The van der Waals surface area contributed by atoms with E-state index >= 15 is 0 Å². The second-order valence-corrected chi connectivity index (χ2v) is 4.88. The van der Waals surface area contributed by atoms with E-state index in [0.717, 1.165) is 37.3 Å². The summed E-state index contributed by atoms with van der Waals surface area (Å²) in [6.45, 7) is 2.36. The van der Waals surface area contributed by atoms with Crippen LogP contribution in [0.3, 0.4) is 0 Å². The number of amidine groups is 1. The first kappa shape index (κ1) is 14.2. The van der Waals surface area contributed by atoms with Crippen molar-refractivity contribution in [3.8, 4) is 0 Å². The van der Waals surface area contributed by atoms with E-state index in [1.54, 1.807) is 12.1 Å². The van der Waals surface area contributed by atoms with Gasteiger partial charge in [-0.2, -0.15) is 0 Å². The van der Waals surface area contributed by atoms with Crippen molar-refractivity contribution >= 4 is 23.2 Å². The number of benzene rings is 1. The summed E-state index contributed by atoms with van der Waals surface area (Å²) in [5.41, 5.74) is 1.38. The van der Waals surface area contributed by atoms with Crippen molar-refractivity contribution in [1.82, 2.24) is 5.32 Å². The van der Waals surface area contributed by atoms with Gasteiger partial charge in [0.15, 0.2) is 0 Å². The highest BCUT2D eigenvalue weighted by atomic mass is 16.2. The van der Waals surface area contributed by atoms with Crippen LogP contribution in [0.5, 0.6) is 0 Å². The highest BCUT2D eigenvalue weighted by Gasteiger charge is 2.09.